The van der Waals surface area contributed by atoms with Crippen LogP contribution in [0.15, 0.2) is 153 Å². The number of nitrogens with two attached hydrogens (primary N) is 10. The van der Waals surface area contributed by atoms with E-state index in [1.54, 1.807) is 36.7 Å². The molecule has 8 aliphatic rings. The van der Waals surface area contributed by atoms with Crippen molar-refractivity contribution in [3.05, 3.63) is 203 Å². The number of aromatic nitrogens is 15. The van der Waals surface area contributed by atoms with Crippen LogP contribution in [0.2, 0.25) is 50.2 Å². The zero-order chi connectivity index (χ0) is 99.0. The molecule has 1 saturated carbocycles. The largest absolute Gasteiger partial charge is 0.398 e. The number of benzene rings is 5. The summed E-state index contributed by atoms with van der Waals surface area (Å²) >= 11 is 63.3. The number of nitrogen functional groups attached to an aromatic ring is 5. The monoisotopic (exact) mass is 2100 g/mol. The van der Waals surface area contributed by atoms with E-state index in [2.05, 4.69) is 95.7 Å². The highest BCUT2D eigenvalue weighted by Gasteiger charge is 2.49. The molecule has 1 aliphatic carbocycles. The molecule has 32 nitrogen and oxygen atoms in total. The molecule has 8 fully saturated rings. The van der Waals surface area contributed by atoms with E-state index in [0.29, 0.717) is 132 Å². The number of nitrogens with zero attached hydrogens (tertiary/aromatic N) is 20. The predicted octanol–water partition coefficient (Wildman–Crippen LogP) is 18.7. The van der Waals surface area contributed by atoms with Crippen LogP contribution in [-0.2, 0) is 9.47 Å². The lowest BCUT2D eigenvalue weighted by Crippen LogP contribution is -2.51. The van der Waals surface area contributed by atoms with Gasteiger partial charge in [0.2, 0.25) is 0 Å². The van der Waals surface area contributed by atoms with Gasteiger partial charge >= 0.3 is 0 Å². The Bertz CT molecular complexity index is 7000. The second-order valence-electron chi connectivity index (χ2n) is 39.0. The Kier molecular flexibility index (Phi) is 28.5. The molecule has 10 aromatic heterocycles. The molecule has 17 heterocycles. The Morgan fingerprint density at radius 3 is 0.865 bits per heavy atom. The predicted molar refractivity (Wildman–Crippen MR) is 573 cm³/mol. The lowest BCUT2D eigenvalue weighted by atomic mass is 9.73. The van der Waals surface area contributed by atoms with E-state index in [1.807, 2.05) is 114 Å². The molecule has 0 radical (unpaired) electrons. The minimum atomic E-state index is -0.127. The van der Waals surface area contributed by atoms with Gasteiger partial charge in [0, 0.05) is 187 Å². The van der Waals surface area contributed by atoms with Gasteiger partial charge < -0.3 is 91.3 Å². The second kappa shape index (κ2) is 40.4. The van der Waals surface area contributed by atoms with Crippen molar-refractivity contribution in [3.63, 3.8) is 0 Å². The van der Waals surface area contributed by atoms with Gasteiger partial charge in [-0.2, -0.15) is 48.1 Å². The lowest BCUT2D eigenvalue weighted by Gasteiger charge is -2.43. The molecule has 4 unspecified atom stereocenters. The first-order chi connectivity index (χ1) is 67.7. The van der Waals surface area contributed by atoms with Gasteiger partial charge in [0.25, 0.3) is 0 Å². The number of rotatable bonds is 11. The quantitative estimate of drug-likeness (QED) is 0.0575. The molecule has 141 heavy (non-hydrogen) atoms. The Morgan fingerprint density at radius 1 is 0.348 bits per heavy atom. The highest BCUT2D eigenvalue weighted by molar-refractivity contribution is 6.46. The second-order valence-corrected chi connectivity index (χ2v) is 42.9. The van der Waals surface area contributed by atoms with Crippen molar-refractivity contribution in [2.75, 3.05) is 145 Å². The SMILES string of the molecule is CC1(CN)CCN(c2cc(N)c(-c3cccc(Cl)c3Cl)c3ncnn23)CC1.CC1(N)CCN(c2cc(N)c(-c3cccc(Cl)c3Cl)c3ncnn23)CC1.CC1OCC2(CCN(c3cc(N)c(-c4cccc(Cl)c4Cl)c4ncnn34)CC2)C1N.Nc1cc(N2CCC3(CC2)COCC3N)n2ncnc2c1-c1cccc(Cl)c1Cl.Nc1cc(N2CCC3(CCCC3N)CC2)n2ncnc2c1-c1cccc(Cl)c1Cl. The molecule has 5 aromatic carbocycles. The van der Waals surface area contributed by atoms with Gasteiger partial charge in [-0.25, -0.2) is 24.9 Å². The zero-order valence-electron chi connectivity index (χ0n) is 78.1. The number of fused-ring (bicyclic) bond motifs is 5. The van der Waals surface area contributed by atoms with Crippen LogP contribution >= 0.6 is 116 Å². The molecule has 42 heteroatoms. The number of pyridine rings is 5. The first-order valence-electron chi connectivity index (χ1n) is 47.2. The maximum atomic E-state index is 6.51. The fourth-order valence-corrected chi connectivity index (χ4v) is 23.6. The average molecular weight is 2110 g/mol. The summed E-state index contributed by atoms with van der Waals surface area (Å²) in [6.45, 7) is 18.0. The molecule has 4 atom stereocenters. The smallest absolute Gasteiger partial charge is 0.167 e. The van der Waals surface area contributed by atoms with Gasteiger partial charge in [0.1, 0.15) is 60.7 Å². The first-order valence-corrected chi connectivity index (χ1v) is 51.0. The third-order valence-corrected chi connectivity index (χ3v) is 34.6. The van der Waals surface area contributed by atoms with Crippen LogP contribution in [0.3, 0.4) is 0 Å². The summed E-state index contributed by atoms with van der Waals surface area (Å²) in [6.07, 6.45) is 21.4. The summed E-state index contributed by atoms with van der Waals surface area (Å²) in [5.74, 6) is 4.63. The van der Waals surface area contributed by atoms with Crippen LogP contribution in [-0.4, -0.2) is 195 Å². The van der Waals surface area contributed by atoms with Crippen LogP contribution in [0.4, 0.5) is 57.5 Å². The van der Waals surface area contributed by atoms with Crippen molar-refractivity contribution in [2.24, 2.45) is 50.3 Å². The van der Waals surface area contributed by atoms with Crippen molar-refractivity contribution in [1.82, 2.24) is 73.0 Å². The van der Waals surface area contributed by atoms with E-state index in [4.69, 9.17) is 183 Å². The Labute approximate surface area is 865 Å². The summed E-state index contributed by atoms with van der Waals surface area (Å²) < 4.78 is 20.6. The maximum Gasteiger partial charge on any atom is 0.167 e. The average Bonchev–Trinajstić information content (AvgIpc) is 1.66. The minimum Gasteiger partial charge on any atom is -0.398 e. The number of piperidine rings is 5. The van der Waals surface area contributed by atoms with Crippen molar-refractivity contribution >= 4 is 202 Å². The van der Waals surface area contributed by atoms with Gasteiger partial charge in [-0.1, -0.05) is 190 Å². The van der Waals surface area contributed by atoms with Crippen molar-refractivity contribution in [1.29, 1.82) is 0 Å². The molecule has 7 saturated heterocycles. The molecule has 740 valence electrons. The van der Waals surface area contributed by atoms with E-state index in [0.717, 1.165) is 234 Å². The van der Waals surface area contributed by atoms with Crippen LogP contribution < -0.4 is 81.8 Å². The number of anilines is 10. The summed E-state index contributed by atoms with van der Waals surface area (Å²) in [5.41, 5.74) is 78.1. The minimum absolute atomic E-state index is 0.0528. The molecule has 23 rings (SSSR count). The topological polar surface area (TPSA) is 446 Å². The maximum absolute atomic E-state index is 6.51. The fraction of sp³-hybridized carbons (Fsp3) is 0.394. The summed E-state index contributed by atoms with van der Waals surface area (Å²) in [5, 5.41) is 26.9. The molecule has 3 spiro atoms. The van der Waals surface area contributed by atoms with E-state index < -0.39 is 0 Å². The third-order valence-electron chi connectivity index (χ3n) is 30.5. The highest BCUT2D eigenvalue weighted by Crippen LogP contribution is 2.52. The standard InChI is InChI=1S/C21H24Cl2N6O.C21H24Cl2N6.C20H22Cl2N6O.C19H22Cl2N6.C18H20Cl2N6/c1-12-19(25)21(10-30-12)5-7-28(8-6-21)16-9-15(24)17(20-26-11-27-29(16)20)13-3-2-4-14(22)18(13)23;22-14-4-1-3-13(19(14)23)18-15(24)11-17(29-20(18)26-12-27-29)28-9-7-21(8-10-28)6-2-5-16(21)25;21-13-3-1-2-12(18(13)22)17-14(23)8-16(28-19(17)25-11-26-28)27-6-4-20(5-7-27)10-29-9-15(20)24;1-19(10-22)5-7-26(8-6-19)15-9-14(23)16(18-24-11-25-27(15)18)12-3-2-4-13(20)17(12)21;1-18(22)5-7-25(8-6-18)14-9-13(21)15(17-23-10-24-26(14)17)11-3-2-4-12(19)16(11)20/h2-4,9,11-12,19H,5-8,10,24-25H2,1H3;1,3-4,11-12,16H,2,5-10,24-25H2;1-3,8,11,15H,4-7,9-10,23-24H2;2-4,9,11H,5-8,10,22-23H2,1H3;2-4,9-10H,5-8,21-22H2,1H3. The Balaban J connectivity index is 0.000000112. The van der Waals surface area contributed by atoms with Crippen molar-refractivity contribution in [2.45, 2.75) is 134 Å². The molecular formula is C99H112Cl10N30O2. The van der Waals surface area contributed by atoms with Crippen LogP contribution in [0.5, 0.6) is 0 Å². The van der Waals surface area contributed by atoms with E-state index in [-0.39, 0.29) is 40.0 Å². The Hall–Kier alpha value is -10.2. The number of ether oxygens (including phenoxy) is 2. The first kappa shape index (κ1) is 99.5. The van der Waals surface area contributed by atoms with Gasteiger partial charge in [0.05, 0.1) is 104 Å². The number of hydrogen-bond donors (Lipinski definition) is 10. The summed E-state index contributed by atoms with van der Waals surface area (Å²) in [6, 6.07) is 37.7. The zero-order valence-corrected chi connectivity index (χ0v) is 85.7. The van der Waals surface area contributed by atoms with Gasteiger partial charge in [-0.15, -0.1) is 0 Å². The normalized spacial score (nSPS) is 20.1. The van der Waals surface area contributed by atoms with Gasteiger partial charge in [-0.3, -0.25) is 0 Å². The van der Waals surface area contributed by atoms with E-state index in [1.165, 1.54) is 38.2 Å². The van der Waals surface area contributed by atoms with Crippen LogP contribution in [0.25, 0.3) is 83.9 Å². The number of halogens is 10. The van der Waals surface area contributed by atoms with Crippen LogP contribution in [0.1, 0.15) is 104 Å². The number of hydrogen-bond acceptors (Lipinski definition) is 27. The molecule has 7 aliphatic heterocycles. The van der Waals surface area contributed by atoms with Crippen molar-refractivity contribution in [3.8, 4) is 55.6 Å². The molecular weight excluding hydrogens is 2000 g/mol. The van der Waals surface area contributed by atoms with Gasteiger partial charge in [-0.05, 0) is 139 Å². The van der Waals surface area contributed by atoms with E-state index >= 15 is 0 Å². The van der Waals surface area contributed by atoms with Gasteiger partial charge in [0.15, 0.2) is 28.2 Å². The summed E-state index contributed by atoms with van der Waals surface area (Å²) in [4.78, 5) is 33.8. The Morgan fingerprint density at radius 2 is 0.617 bits per heavy atom. The van der Waals surface area contributed by atoms with Crippen molar-refractivity contribution < 1.29 is 9.47 Å². The molecule has 0 amide bonds. The summed E-state index contributed by atoms with van der Waals surface area (Å²) in [7, 11) is 0. The molecule has 20 N–H and O–H groups in total. The van der Waals surface area contributed by atoms with E-state index in [9.17, 15) is 0 Å². The highest BCUT2D eigenvalue weighted by atomic mass is 35.5. The van der Waals surface area contributed by atoms with Crippen LogP contribution in [0, 0.1) is 21.7 Å². The molecule has 0 bridgehead atoms. The lowest BCUT2D eigenvalue weighted by molar-refractivity contribution is 0.0974. The molecule has 15 aromatic rings. The fourth-order valence-electron chi connectivity index (χ4n) is 21.6. The third kappa shape index (κ3) is 18.9.